The highest BCUT2D eigenvalue weighted by Gasteiger charge is 2.16. The van der Waals surface area contributed by atoms with E-state index in [4.69, 9.17) is 11.6 Å². The number of carbonyl (C=O) groups is 2. The standard InChI is InChI=1S/C26H24ClN5O2S/c1-17-9-11-21(12-10-17)28-15-24-30-31-26(32(24)23-8-4-6-20(27)14-23)35-16-25(34)29-22-7-3-5-19(13-22)18(2)33/h3-14,28H,15-16H2,1-2H3,(H,29,34). The van der Waals surface area contributed by atoms with Gasteiger partial charge >= 0.3 is 0 Å². The van der Waals surface area contributed by atoms with Crippen molar-refractivity contribution < 1.29 is 9.59 Å². The fourth-order valence-electron chi connectivity index (χ4n) is 3.38. The highest BCUT2D eigenvalue weighted by Crippen LogP contribution is 2.25. The van der Waals surface area contributed by atoms with E-state index < -0.39 is 0 Å². The number of nitrogens with one attached hydrogen (secondary N) is 2. The topological polar surface area (TPSA) is 88.9 Å². The minimum atomic E-state index is -0.212. The summed E-state index contributed by atoms with van der Waals surface area (Å²) in [5.41, 5.74) is 4.07. The number of carbonyl (C=O) groups excluding carboxylic acids is 2. The number of Topliss-reactive ketones (excluding diaryl/α,β-unsaturated/α-hetero) is 1. The summed E-state index contributed by atoms with van der Waals surface area (Å²) in [7, 11) is 0. The van der Waals surface area contributed by atoms with Crippen molar-refractivity contribution in [2.24, 2.45) is 0 Å². The van der Waals surface area contributed by atoms with Gasteiger partial charge in [0.2, 0.25) is 5.91 Å². The Labute approximate surface area is 212 Å². The van der Waals surface area contributed by atoms with Crippen LogP contribution < -0.4 is 10.6 Å². The molecule has 0 radical (unpaired) electrons. The lowest BCUT2D eigenvalue weighted by atomic mass is 10.1. The number of benzene rings is 3. The Morgan fingerprint density at radius 3 is 2.49 bits per heavy atom. The average Bonchev–Trinajstić information content (AvgIpc) is 3.25. The number of aryl methyl sites for hydroxylation is 1. The molecule has 178 valence electrons. The molecule has 1 heterocycles. The summed E-state index contributed by atoms with van der Waals surface area (Å²) in [5, 5.41) is 16.1. The summed E-state index contributed by atoms with van der Waals surface area (Å²) in [6.45, 7) is 3.97. The van der Waals surface area contributed by atoms with Crippen LogP contribution in [-0.2, 0) is 11.3 Å². The number of hydrogen-bond acceptors (Lipinski definition) is 6. The number of nitrogens with zero attached hydrogens (tertiary/aromatic N) is 3. The van der Waals surface area contributed by atoms with Crippen molar-refractivity contribution in [3.63, 3.8) is 0 Å². The lowest BCUT2D eigenvalue weighted by Crippen LogP contribution is -2.15. The molecule has 35 heavy (non-hydrogen) atoms. The van der Waals surface area contributed by atoms with E-state index in [0.29, 0.717) is 33.8 Å². The summed E-state index contributed by atoms with van der Waals surface area (Å²) in [5.74, 6) is 0.534. The van der Waals surface area contributed by atoms with E-state index in [1.165, 1.54) is 24.2 Å². The highest BCUT2D eigenvalue weighted by molar-refractivity contribution is 7.99. The van der Waals surface area contributed by atoms with Crippen LogP contribution in [0.2, 0.25) is 5.02 Å². The first-order chi connectivity index (χ1) is 16.9. The van der Waals surface area contributed by atoms with Gasteiger partial charge in [-0.3, -0.25) is 14.2 Å². The normalized spacial score (nSPS) is 10.7. The zero-order chi connectivity index (χ0) is 24.8. The van der Waals surface area contributed by atoms with Gasteiger partial charge in [0.05, 0.1) is 18.0 Å². The molecule has 0 aliphatic rings. The Hall–Kier alpha value is -3.62. The Kier molecular flexibility index (Phi) is 7.84. The van der Waals surface area contributed by atoms with Crippen molar-refractivity contribution in [1.29, 1.82) is 0 Å². The molecule has 0 aliphatic heterocycles. The Balaban J connectivity index is 1.50. The van der Waals surface area contributed by atoms with Crippen LogP contribution in [0.1, 0.15) is 28.7 Å². The molecule has 0 aliphatic carbocycles. The molecule has 4 aromatic rings. The number of thioether (sulfide) groups is 1. The molecule has 0 fully saturated rings. The van der Waals surface area contributed by atoms with Gasteiger partial charge in [0.15, 0.2) is 16.8 Å². The summed E-state index contributed by atoms with van der Waals surface area (Å²) >= 11 is 7.51. The smallest absolute Gasteiger partial charge is 0.234 e. The van der Waals surface area contributed by atoms with E-state index in [-0.39, 0.29) is 17.4 Å². The van der Waals surface area contributed by atoms with Crippen LogP contribution in [0, 0.1) is 6.92 Å². The van der Waals surface area contributed by atoms with Crippen molar-refractivity contribution in [1.82, 2.24) is 14.8 Å². The zero-order valence-electron chi connectivity index (χ0n) is 19.3. The number of hydrogen-bond donors (Lipinski definition) is 2. The van der Waals surface area contributed by atoms with Gasteiger partial charge in [-0.05, 0) is 56.3 Å². The van der Waals surface area contributed by atoms with E-state index in [9.17, 15) is 9.59 Å². The fourth-order valence-corrected chi connectivity index (χ4v) is 4.33. The second kappa shape index (κ2) is 11.2. The first-order valence-electron chi connectivity index (χ1n) is 10.9. The molecule has 3 aromatic carbocycles. The second-order valence-electron chi connectivity index (χ2n) is 7.91. The number of amides is 1. The van der Waals surface area contributed by atoms with Crippen molar-refractivity contribution in [2.75, 3.05) is 16.4 Å². The summed E-state index contributed by atoms with van der Waals surface area (Å²) < 4.78 is 1.89. The third-order valence-electron chi connectivity index (χ3n) is 5.15. The first kappa shape index (κ1) is 24.5. The monoisotopic (exact) mass is 505 g/mol. The lowest BCUT2D eigenvalue weighted by molar-refractivity contribution is -0.113. The van der Waals surface area contributed by atoms with Crippen molar-refractivity contribution in [2.45, 2.75) is 25.5 Å². The average molecular weight is 506 g/mol. The Morgan fingerprint density at radius 2 is 1.74 bits per heavy atom. The summed E-state index contributed by atoms with van der Waals surface area (Å²) in [4.78, 5) is 24.2. The van der Waals surface area contributed by atoms with E-state index in [1.54, 1.807) is 30.3 Å². The predicted molar refractivity (Wildman–Crippen MR) is 141 cm³/mol. The molecule has 4 rings (SSSR count). The third-order valence-corrected chi connectivity index (χ3v) is 6.32. The third kappa shape index (κ3) is 6.49. The molecule has 1 aromatic heterocycles. The molecule has 0 saturated heterocycles. The van der Waals surface area contributed by atoms with Gasteiger partial charge in [0, 0.05) is 22.0 Å². The van der Waals surface area contributed by atoms with Crippen LogP contribution >= 0.6 is 23.4 Å². The largest absolute Gasteiger partial charge is 0.378 e. The van der Waals surface area contributed by atoms with Crippen LogP contribution in [0.4, 0.5) is 11.4 Å². The molecule has 1 amide bonds. The fraction of sp³-hybridized carbons (Fsp3) is 0.154. The molecule has 0 bridgehead atoms. The minimum absolute atomic E-state index is 0.0585. The van der Waals surface area contributed by atoms with Gasteiger partial charge < -0.3 is 10.6 Å². The number of aromatic nitrogens is 3. The van der Waals surface area contributed by atoms with Gasteiger partial charge in [0.1, 0.15) is 0 Å². The Bertz CT molecular complexity index is 1350. The summed E-state index contributed by atoms with van der Waals surface area (Å²) in [6, 6.07) is 22.4. The lowest BCUT2D eigenvalue weighted by Gasteiger charge is -2.12. The Morgan fingerprint density at radius 1 is 0.971 bits per heavy atom. The van der Waals surface area contributed by atoms with Gasteiger partial charge in [0.25, 0.3) is 0 Å². The molecule has 2 N–H and O–H groups in total. The van der Waals surface area contributed by atoms with E-state index in [0.717, 1.165) is 11.4 Å². The van der Waals surface area contributed by atoms with Crippen LogP contribution in [0.3, 0.4) is 0 Å². The van der Waals surface area contributed by atoms with Crippen LogP contribution in [0.5, 0.6) is 0 Å². The molecular weight excluding hydrogens is 482 g/mol. The molecule has 7 nitrogen and oxygen atoms in total. The molecular formula is C26H24ClN5O2S. The second-order valence-corrected chi connectivity index (χ2v) is 9.29. The van der Waals surface area contributed by atoms with Gasteiger partial charge in [-0.25, -0.2) is 0 Å². The molecule has 0 spiro atoms. The van der Waals surface area contributed by atoms with Gasteiger partial charge in [-0.1, -0.05) is 59.3 Å². The van der Waals surface area contributed by atoms with Crippen LogP contribution in [-0.4, -0.2) is 32.2 Å². The molecule has 0 atom stereocenters. The summed E-state index contributed by atoms with van der Waals surface area (Å²) in [6.07, 6.45) is 0. The van der Waals surface area contributed by atoms with Gasteiger partial charge in [-0.15, -0.1) is 10.2 Å². The van der Waals surface area contributed by atoms with Crippen molar-refractivity contribution >= 4 is 46.4 Å². The molecule has 0 unspecified atom stereocenters. The number of ketones is 1. The van der Waals surface area contributed by atoms with Crippen molar-refractivity contribution in [3.05, 3.63) is 94.8 Å². The first-order valence-corrected chi connectivity index (χ1v) is 12.3. The van der Waals surface area contributed by atoms with Gasteiger partial charge in [-0.2, -0.15) is 0 Å². The number of rotatable bonds is 9. The molecule has 9 heteroatoms. The maximum Gasteiger partial charge on any atom is 0.234 e. The van der Waals surface area contributed by atoms with Crippen molar-refractivity contribution in [3.8, 4) is 5.69 Å². The SMILES string of the molecule is CC(=O)c1cccc(NC(=O)CSc2nnc(CNc3ccc(C)cc3)n2-c2cccc(Cl)c2)c1. The van der Waals surface area contributed by atoms with Crippen LogP contribution in [0.25, 0.3) is 5.69 Å². The number of halogens is 1. The molecule has 0 saturated carbocycles. The quantitative estimate of drug-likeness (QED) is 0.221. The predicted octanol–water partition coefficient (Wildman–Crippen LogP) is 5.77. The maximum atomic E-state index is 12.6. The minimum Gasteiger partial charge on any atom is -0.378 e. The van der Waals surface area contributed by atoms with E-state index in [1.807, 2.05) is 54.0 Å². The van der Waals surface area contributed by atoms with Crippen LogP contribution in [0.15, 0.2) is 78.0 Å². The van der Waals surface area contributed by atoms with E-state index >= 15 is 0 Å². The zero-order valence-corrected chi connectivity index (χ0v) is 20.9. The highest BCUT2D eigenvalue weighted by atomic mass is 35.5. The number of anilines is 2. The van der Waals surface area contributed by atoms with E-state index in [2.05, 4.69) is 20.8 Å². The maximum absolute atomic E-state index is 12.6.